The van der Waals surface area contributed by atoms with Crippen molar-refractivity contribution >= 4 is 41.6 Å². The van der Waals surface area contributed by atoms with Gasteiger partial charge in [-0.25, -0.2) is 14.4 Å². The SMILES string of the molecule is CC(C)(C)OC(=O)N[C@H]1CCCOCC=C[C@@H]2C[C@@]2(C(=O)O)NC(=O)[C@@H]2C[C@@H](OC(=O)N3Cc4cccc(Cl)c4C3)CN2C1=O. The van der Waals surface area contributed by atoms with Crippen LogP contribution in [0.5, 0.6) is 0 Å². The molecule has 1 saturated heterocycles. The van der Waals surface area contributed by atoms with Gasteiger partial charge in [0.05, 0.1) is 19.7 Å². The van der Waals surface area contributed by atoms with Gasteiger partial charge in [0.1, 0.15) is 29.3 Å². The number of hydrogen-bond donors (Lipinski definition) is 3. The van der Waals surface area contributed by atoms with Crippen molar-refractivity contribution < 1.29 is 43.3 Å². The van der Waals surface area contributed by atoms with Crippen LogP contribution in [0.4, 0.5) is 9.59 Å². The van der Waals surface area contributed by atoms with Crippen molar-refractivity contribution in [2.45, 2.75) is 88.9 Å². The predicted octanol–water partition coefficient (Wildman–Crippen LogP) is 2.98. The first-order chi connectivity index (χ1) is 21.3. The lowest BCUT2D eigenvalue weighted by atomic mass is 10.1. The summed E-state index contributed by atoms with van der Waals surface area (Å²) < 4.78 is 16.8. The van der Waals surface area contributed by atoms with Crippen LogP contribution >= 0.6 is 11.6 Å². The summed E-state index contributed by atoms with van der Waals surface area (Å²) in [5.41, 5.74) is -0.605. The summed E-state index contributed by atoms with van der Waals surface area (Å²) in [7, 11) is 0. The number of benzene rings is 1. The molecule has 14 heteroatoms. The zero-order valence-corrected chi connectivity index (χ0v) is 26.3. The summed E-state index contributed by atoms with van der Waals surface area (Å²) in [6, 6.07) is 3.21. The van der Waals surface area contributed by atoms with Gasteiger partial charge in [-0.3, -0.25) is 14.5 Å². The largest absolute Gasteiger partial charge is 0.479 e. The average Bonchev–Trinajstić information content (AvgIpc) is 3.27. The van der Waals surface area contributed by atoms with Crippen LogP contribution in [0.25, 0.3) is 0 Å². The number of nitrogens with zero attached hydrogens (tertiary/aromatic N) is 2. The van der Waals surface area contributed by atoms with Crippen molar-refractivity contribution in [1.82, 2.24) is 20.4 Å². The number of carboxylic acid groups (broad SMARTS) is 1. The second kappa shape index (κ2) is 12.9. The minimum atomic E-state index is -1.52. The molecular formula is C31H39ClN4O9. The molecule has 1 aliphatic carbocycles. The van der Waals surface area contributed by atoms with Crippen molar-refractivity contribution in [1.29, 1.82) is 0 Å². The molecule has 3 N–H and O–H groups in total. The lowest BCUT2D eigenvalue weighted by Crippen LogP contribution is -2.56. The number of hydrogen-bond acceptors (Lipinski definition) is 8. The summed E-state index contributed by atoms with van der Waals surface area (Å²) in [4.78, 5) is 68.7. The molecule has 3 heterocycles. The molecule has 1 saturated carbocycles. The molecule has 1 aromatic carbocycles. The minimum Gasteiger partial charge on any atom is -0.479 e. The molecule has 0 unspecified atom stereocenters. The first kappa shape index (κ1) is 32.6. The van der Waals surface area contributed by atoms with Crippen LogP contribution in [0.2, 0.25) is 5.02 Å². The maximum absolute atomic E-state index is 14.0. The highest BCUT2D eigenvalue weighted by Crippen LogP contribution is 2.45. The molecule has 1 aromatic rings. The number of ether oxygens (including phenoxy) is 3. The van der Waals surface area contributed by atoms with Crippen molar-refractivity contribution in [2.24, 2.45) is 5.92 Å². The first-order valence-corrected chi connectivity index (χ1v) is 15.5. The van der Waals surface area contributed by atoms with E-state index in [2.05, 4.69) is 10.6 Å². The highest BCUT2D eigenvalue weighted by molar-refractivity contribution is 6.31. The Morgan fingerprint density at radius 3 is 2.69 bits per heavy atom. The molecule has 0 radical (unpaired) electrons. The maximum atomic E-state index is 14.0. The van der Waals surface area contributed by atoms with Gasteiger partial charge in [-0.15, -0.1) is 0 Å². The van der Waals surface area contributed by atoms with Gasteiger partial charge in [0, 0.05) is 30.5 Å². The Morgan fingerprint density at radius 2 is 1.98 bits per heavy atom. The molecule has 244 valence electrons. The number of carbonyl (C=O) groups excluding carboxylic acids is 4. The fraction of sp³-hybridized carbons (Fsp3) is 0.581. The Labute approximate surface area is 266 Å². The van der Waals surface area contributed by atoms with Crippen molar-refractivity contribution in [3.05, 3.63) is 46.5 Å². The van der Waals surface area contributed by atoms with Crippen LogP contribution in [0.3, 0.4) is 0 Å². The van der Waals surface area contributed by atoms with E-state index in [-0.39, 0.29) is 45.6 Å². The molecule has 0 spiro atoms. The highest BCUT2D eigenvalue weighted by Gasteiger charge is 2.61. The lowest BCUT2D eigenvalue weighted by molar-refractivity contribution is -0.145. The second-order valence-electron chi connectivity index (χ2n) is 12.9. The number of nitrogens with one attached hydrogen (secondary N) is 2. The summed E-state index contributed by atoms with van der Waals surface area (Å²) in [5, 5.41) is 15.8. The van der Waals surface area contributed by atoms with Crippen LogP contribution in [0, 0.1) is 5.92 Å². The number of carbonyl (C=O) groups is 5. The van der Waals surface area contributed by atoms with E-state index in [4.69, 9.17) is 25.8 Å². The minimum absolute atomic E-state index is 0.0523. The number of rotatable bonds is 3. The Morgan fingerprint density at radius 1 is 1.20 bits per heavy atom. The quantitative estimate of drug-likeness (QED) is 0.419. The summed E-state index contributed by atoms with van der Waals surface area (Å²) >= 11 is 6.31. The van der Waals surface area contributed by atoms with E-state index < -0.39 is 65.2 Å². The third-order valence-corrected chi connectivity index (χ3v) is 8.75. The predicted molar refractivity (Wildman–Crippen MR) is 160 cm³/mol. The number of carboxylic acids is 1. The number of amides is 4. The van der Waals surface area contributed by atoms with E-state index in [0.717, 1.165) is 11.1 Å². The number of halogens is 1. The van der Waals surface area contributed by atoms with Crippen LogP contribution in [-0.2, 0) is 41.7 Å². The van der Waals surface area contributed by atoms with Crippen molar-refractivity contribution in [2.75, 3.05) is 19.8 Å². The number of alkyl carbamates (subject to hydrolysis) is 1. The Bertz CT molecular complexity index is 1400. The molecule has 5 atom stereocenters. The monoisotopic (exact) mass is 646 g/mol. The van der Waals surface area contributed by atoms with E-state index >= 15 is 0 Å². The van der Waals surface area contributed by atoms with E-state index in [1.165, 1.54) is 9.80 Å². The molecule has 4 amide bonds. The van der Waals surface area contributed by atoms with Crippen molar-refractivity contribution in [3.8, 4) is 0 Å². The van der Waals surface area contributed by atoms with Gasteiger partial charge < -0.3 is 34.9 Å². The molecule has 2 fully saturated rings. The van der Waals surface area contributed by atoms with Crippen LogP contribution in [0.15, 0.2) is 30.4 Å². The molecule has 0 aromatic heterocycles. The lowest BCUT2D eigenvalue weighted by Gasteiger charge is -2.30. The van der Waals surface area contributed by atoms with E-state index in [0.29, 0.717) is 18.0 Å². The molecule has 13 nitrogen and oxygen atoms in total. The Balaban J connectivity index is 1.37. The van der Waals surface area contributed by atoms with Gasteiger partial charge in [0.25, 0.3) is 0 Å². The fourth-order valence-corrected chi connectivity index (χ4v) is 6.29. The first-order valence-electron chi connectivity index (χ1n) is 15.1. The van der Waals surface area contributed by atoms with Crippen LogP contribution in [-0.4, -0.2) is 94.0 Å². The van der Waals surface area contributed by atoms with Crippen molar-refractivity contribution in [3.63, 3.8) is 0 Å². The second-order valence-corrected chi connectivity index (χ2v) is 13.3. The molecule has 0 bridgehead atoms. The van der Waals surface area contributed by atoms with Gasteiger partial charge in [-0.05, 0) is 57.2 Å². The molecular weight excluding hydrogens is 608 g/mol. The van der Waals surface area contributed by atoms with Gasteiger partial charge in [-0.2, -0.15) is 0 Å². The van der Waals surface area contributed by atoms with E-state index in [1.807, 2.05) is 6.07 Å². The number of fused-ring (bicyclic) bond motifs is 3. The Kier molecular flexibility index (Phi) is 9.31. The maximum Gasteiger partial charge on any atom is 0.410 e. The van der Waals surface area contributed by atoms with E-state index in [1.54, 1.807) is 45.1 Å². The van der Waals surface area contributed by atoms with Gasteiger partial charge >= 0.3 is 18.2 Å². The third-order valence-electron chi connectivity index (χ3n) is 8.40. The Hall–Kier alpha value is -3.84. The summed E-state index contributed by atoms with van der Waals surface area (Å²) in [6.45, 7) is 6.03. The molecule has 45 heavy (non-hydrogen) atoms. The van der Waals surface area contributed by atoms with Gasteiger partial charge in [0.2, 0.25) is 11.8 Å². The zero-order chi connectivity index (χ0) is 32.5. The summed E-state index contributed by atoms with van der Waals surface area (Å²) in [5.74, 6) is -2.89. The number of aliphatic carboxylic acids is 1. The average molecular weight is 647 g/mol. The highest BCUT2D eigenvalue weighted by atomic mass is 35.5. The topological polar surface area (TPSA) is 164 Å². The van der Waals surface area contributed by atoms with Crippen LogP contribution < -0.4 is 10.6 Å². The third kappa shape index (κ3) is 7.36. The summed E-state index contributed by atoms with van der Waals surface area (Å²) in [6.07, 6.45) is 1.86. The zero-order valence-electron chi connectivity index (χ0n) is 25.5. The molecule has 4 aliphatic rings. The fourth-order valence-electron chi connectivity index (χ4n) is 6.04. The van der Waals surface area contributed by atoms with Gasteiger partial charge in [-0.1, -0.05) is 35.9 Å². The normalized spacial score (nSPS) is 28.5. The molecule has 5 rings (SSSR count). The van der Waals surface area contributed by atoms with E-state index in [9.17, 15) is 29.1 Å². The van der Waals surface area contributed by atoms with Crippen LogP contribution in [0.1, 0.15) is 57.6 Å². The molecule has 3 aliphatic heterocycles. The standard InChI is InChI=1S/C31H39ClN4O9/c1-30(2,3)45-28(41)33-23-10-6-12-43-11-5-8-19-14-31(19,27(39)40)34-25(37)24-13-20(16-36(24)26(23)38)44-29(42)35-15-18-7-4-9-22(32)21(18)17-35/h4-5,7-9,19-20,23-24H,6,10-17H2,1-3H3,(H,33,41)(H,34,37)(H,39,40)/t19-,20-,23+,24+,31-/m1/s1. The van der Waals surface area contributed by atoms with Gasteiger partial charge in [0.15, 0.2) is 0 Å². The smallest absolute Gasteiger partial charge is 0.410 e.